The predicted molar refractivity (Wildman–Crippen MR) is 228 cm³/mol. The van der Waals surface area contributed by atoms with Crippen LogP contribution in [0.5, 0.6) is 11.5 Å². The first-order valence-electron chi connectivity index (χ1n) is 19.9. The van der Waals surface area contributed by atoms with Crippen LogP contribution < -0.4 is 10.2 Å². The van der Waals surface area contributed by atoms with Gasteiger partial charge < -0.3 is 29.2 Å². The normalized spacial score (nSPS) is 15.7. The van der Waals surface area contributed by atoms with Crippen molar-refractivity contribution in [2.24, 2.45) is 0 Å². The van der Waals surface area contributed by atoms with E-state index in [2.05, 4.69) is 136 Å². The van der Waals surface area contributed by atoms with E-state index in [0.717, 1.165) is 22.3 Å². The molecule has 0 atom stereocenters. The maximum Gasteiger partial charge on any atom is 2.00 e. The van der Waals surface area contributed by atoms with Crippen molar-refractivity contribution in [1.29, 1.82) is 0 Å². The molecule has 0 aliphatic carbocycles. The molecule has 308 valence electrons. The molecule has 2 aliphatic rings. The molecule has 0 spiro atoms. The minimum Gasteiger partial charge on any atom is -0.872 e. The third-order valence-electron chi connectivity index (χ3n) is 9.80. The van der Waals surface area contributed by atoms with Gasteiger partial charge in [0.2, 0.25) is 0 Å². The van der Waals surface area contributed by atoms with Gasteiger partial charge >= 0.3 is 37.7 Å². The molecule has 3 aromatic carbocycles. The van der Waals surface area contributed by atoms with Gasteiger partial charge in [0, 0.05) is 26.2 Å². The number of aryl methyl sites for hydroxylation is 1. The summed E-state index contributed by atoms with van der Waals surface area (Å²) in [5, 5.41) is 26.0. The summed E-state index contributed by atoms with van der Waals surface area (Å²) in [4.78, 5) is 4.21. The Labute approximate surface area is 370 Å². The molecule has 0 saturated carbocycles. The van der Waals surface area contributed by atoms with Crippen LogP contribution in [0, 0.1) is 6.92 Å². The van der Waals surface area contributed by atoms with Gasteiger partial charge in [-0.15, -0.1) is 11.5 Å². The zero-order valence-electron chi connectivity index (χ0n) is 37.6. The van der Waals surface area contributed by atoms with E-state index < -0.39 is 0 Å². The molecule has 3 aromatic rings. The molecular weight excluding hydrogens is 729 g/mol. The van der Waals surface area contributed by atoms with Crippen molar-refractivity contribution in [3.8, 4) is 11.5 Å². The van der Waals surface area contributed by atoms with Crippen molar-refractivity contribution in [2.45, 2.75) is 137 Å². The van der Waals surface area contributed by atoms with Gasteiger partial charge in [0.15, 0.2) is 12.6 Å². The zero-order chi connectivity index (χ0) is 41.4. The SMILES string of the molecule is CN(Cc1cc(C(C)(C)C)cc(C(C)(C)C)c1[O-])CC1OCCO1.CN(Cc1cc(C(C)(C)C)cc(C(C)(C)C)c1[O-])CC1OCCO1.Cc1ccccc1.[Ca+2]. The van der Waals surface area contributed by atoms with Gasteiger partial charge in [0.25, 0.3) is 0 Å². The summed E-state index contributed by atoms with van der Waals surface area (Å²) in [6.07, 6.45) is -0.365. The fraction of sp³-hybridized carbons (Fsp3) is 0.617. The van der Waals surface area contributed by atoms with Crippen LogP contribution >= 0.6 is 0 Å². The number of hydrogen-bond acceptors (Lipinski definition) is 8. The van der Waals surface area contributed by atoms with E-state index in [1.165, 1.54) is 16.7 Å². The van der Waals surface area contributed by atoms with Crippen molar-refractivity contribution in [3.63, 3.8) is 0 Å². The Morgan fingerprint density at radius 1 is 0.536 bits per heavy atom. The van der Waals surface area contributed by atoms with Crippen LogP contribution in [-0.2, 0) is 53.7 Å². The van der Waals surface area contributed by atoms with Crippen molar-refractivity contribution < 1.29 is 29.2 Å². The van der Waals surface area contributed by atoms with Gasteiger partial charge in [-0.2, -0.15) is 0 Å². The van der Waals surface area contributed by atoms with E-state index in [-0.39, 0.29) is 83.5 Å². The number of ether oxygens (including phenoxy) is 4. The molecule has 0 amide bonds. The van der Waals surface area contributed by atoms with Crippen LogP contribution in [0.3, 0.4) is 0 Å². The fourth-order valence-electron chi connectivity index (χ4n) is 6.37. The number of rotatable bonds is 8. The maximum atomic E-state index is 13.0. The zero-order valence-corrected chi connectivity index (χ0v) is 39.8. The molecule has 2 aliphatic heterocycles. The van der Waals surface area contributed by atoms with Gasteiger partial charge in [-0.05, 0) is 76.1 Å². The first-order chi connectivity index (χ1) is 25.4. The average Bonchev–Trinajstić information content (AvgIpc) is 3.76. The number of hydrogen-bond donors (Lipinski definition) is 0. The van der Waals surface area contributed by atoms with Crippen LogP contribution in [-0.4, -0.2) is 114 Å². The first-order valence-corrected chi connectivity index (χ1v) is 19.9. The van der Waals surface area contributed by atoms with Crippen molar-refractivity contribution in [3.05, 3.63) is 93.5 Å². The Kier molecular flexibility index (Phi) is 19.4. The summed E-state index contributed by atoms with van der Waals surface area (Å²) >= 11 is 0. The van der Waals surface area contributed by atoms with Crippen LogP contribution in [0.1, 0.15) is 122 Å². The van der Waals surface area contributed by atoms with Crippen molar-refractivity contribution in [2.75, 3.05) is 53.6 Å². The number of benzene rings is 3. The largest absolute Gasteiger partial charge is 2.00 e. The molecule has 0 bridgehead atoms. The summed E-state index contributed by atoms with van der Waals surface area (Å²) in [5.74, 6) is 0.325. The minimum absolute atomic E-state index is 0. The Hall–Kier alpha value is -1.72. The van der Waals surface area contributed by atoms with E-state index in [1.54, 1.807) is 0 Å². The molecule has 5 rings (SSSR count). The fourth-order valence-corrected chi connectivity index (χ4v) is 6.37. The molecule has 2 fully saturated rings. The molecule has 9 heteroatoms. The molecule has 2 heterocycles. The molecule has 0 N–H and O–H groups in total. The van der Waals surface area contributed by atoms with Gasteiger partial charge in [-0.1, -0.05) is 143 Å². The standard InChI is InChI=1S/2C20H33NO3.C7H8.Ca/c2*1-19(2,3)15-10-14(18(22)16(11-15)20(4,5)6)12-21(7)13-17-23-8-9-24-17;1-7-5-3-2-4-6-7;/h2*10-11,17,22H,8-9,12-13H2,1-7H3;2-6H,1H3;/q;;;+2/p-2. The van der Waals surface area contributed by atoms with E-state index in [4.69, 9.17) is 18.9 Å². The predicted octanol–water partition coefficient (Wildman–Crippen LogP) is 7.93. The van der Waals surface area contributed by atoms with Crippen LogP contribution in [0.25, 0.3) is 0 Å². The minimum atomic E-state index is -0.182. The van der Waals surface area contributed by atoms with Crippen molar-refractivity contribution in [1.82, 2.24) is 9.80 Å². The second kappa shape index (κ2) is 21.5. The Morgan fingerprint density at radius 3 is 1.11 bits per heavy atom. The Bertz CT molecular complexity index is 1520. The van der Waals surface area contributed by atoms with Crippen LogP contribution in [0.15, 0.2) is 54.6 Å². The van der Waals surface area contributed by atoms with Crippen molar-refractivity contribution >= 4 is 37.7 Å². The van der Waals surface area contributed by atoms with E-state index >= 15 is 0 Å². The monoisotopic (exact) mass is 801 g/mol. The first kappa shape index (κ1) is 50.4. The summed E-state index contributed by atoms with van der Waals surface area (Å²) in [6.45, 7) is 33.0. The molecule has 0 unspecified atom stereocenters. The number of nitrogens with zero attached hydrogens (tertiary/aromatic N) is 2. The quantitative estimate of drug-likeness (QED) is 0.213. The van der Waals surface area contributed by atoms with Crippen LogP contribution in [0.4, 0.5) is 0 Å². The van der Waals surface area contributed by atoms with Gasteiger partial charge in [-0.3, -0.25) is 9.80 Å². The van der Waals surface area contributed by atoms with E-state index in [9.17, 15) is 10.2 Å². The average molecular weight is 801 g/mol. The maximum absolute atomic E-state index is 13.0. The van der Waals surface area contributed by atoms with E-state index in [1.807, 2.05) is 32.3 Å². The van der Waals surface area contributed by atoms with Gasteiger partial charge in [-0.25, -0.2) is 0 Å². The number of likely N-dealkylation sites (N-methyl/N-ethyl adjacent to an activating group) is 2. The molecular formula is C47H72CaN2O6. The van der Waals surface area contributed by atoms with Gasteiger partial charge in [0.05, 0.1) is 26.4 Å². The summed E-state index contributed by atoms with van der Waals surface area (Å²) in [5.41, 5.74) is 6.94. The van der Waals surface area contributed by atoms with Crippen LogP contribution in [0.2, 0.25) is 0 Å². The summed E-state index contributed by atoms with van der Waals surface area (Å²) in [6, 6.07) is 18.6. The second-order valence-corrected chi connectivity index (χ2v) is 19.4. The molecule has 2 saturated heterocycles. The molecule has 0 radical (unpaired) electrons. The molecule has 0 aromatic heterocycles. The van der Waals surface area contributed by atoms with Gasteiger partial charge in [0.1, 0.15) is 0 Å². The summed E-state index contributed by atoms with van der Waals surface area (Å²) in [7, 11) is 4.01. The third-order valence-corrected chi connectivity index (χ3v) is 9.80. The van der Waals surface area contributed by atoms with E-state index in [0.29, 0.717) is 52.6 Å². The Balaban J connectivity index is 0.000000324. The smallest absolute Gasteiger partial charge is 0.872 e. The third kappa shape index (κ3) is 16.1. The molecule has 56 heavy (non-hydrogen) atoms. The molecule has 8 nitrogen and oxygen atoms in total. The topological polar surface area (TPSA) is 89.5 Å². The Morgan fingerprint density at radius 2 is 0.857 bits per heavy atom. The summed E-state index contributed by atoms with van der Waals surface area (Å²) < 4.78 is 22.0. The second-order valence-electron chi connectivity index (χ2n) is 19.4.